The Labute approximate surface area is 404 Å². The second-order valence-corrected chi connectivity index (χ2v) is 18.3. The molecule has 14 aromatic rings. The fourth-order valence-corrected chi connectivity index (χ4v) is 11.2. The van der Waals surface area contributed by atoms with Gasteiger partial charge in [0.25, 0.3) is 0 Å². The van der Waals surface area contributed by atoms with Gasteiger partial charge in [0.05, 0.1) is 22.7 Å². The number of nitrogens with zero attached hydrogens (tertiary/aromatic N) is 3. The largest absolute Gasteiger partial charge is 0.454 e. The molecule has 3 heterocycles. The number of fused-ring (bicyclic) bond motifs is 6. The molecule has 70 heavy (non-hydrogen) atoms. The van der Waals surface area contributed by atoms with E-state index in [-0.39, 0.29) is 0 Å². The zero-order chi connectivity index (χ0) is 46.5. The highest BCUT2D eigenvalue weighted by Gasteiger charge is 2.29. The molecule has 0 unspecified atom stereocenters. The van der Waals surface area contributed by atoms with E-state index in [2.05, 4.69) is 218 Å². The van der Waals surface area contributed by atoms with E-state index in [1.54, 1.807) is 0 Å². The molecule has 0 radical (unpaired) electrons. The summed E-state index contributed by atoms with van der Waals surface area (Å²) in [6.45, 7) is 4.43. The highest BCUT2D eigenvalue weighted by molar-refractivity contribution is 6.33. The average Bonchev–Trinajstić information content (AvgIpc) is 3.99. The Hall–Kier alpha value is -9.19. The molecular weight excluding hydrogens is 855 g/mol. The number of para-hydroxylation sites is 5. The van der Waals surface area contributed by atoms with Gasteiger partial charge in [-0.25, -0.2) is 4.98 Å². The van der Waals surface area contributed by atoms with Gasteiger partial charge in [0, 0.05) is 55.0 Å². The highest BCUT2D eigenvalue weighted by atomic mass is 16.3. The summed E-state index contributed by atoms with van der Waals surface area (Å²) < 4.78 is 13.7. The summed E-state index contributed by atoms with van der Waals surface area (Å²) in [5.74, 6) is 0.789. The minimum atomic E-state index is 0.789. The zero-order valence-corrected chi connectivity index (χ0v) is 38.5. The lowest BCUT2D eigenvalue weighted by atomic mass is 9.84. The second-order valence-electron chi connectivity index (χ2n) is 18.3. The first-order valence-electron chi connectivity index (χ1n) is 23.9. The fourth-order valence-electron chi connectivity index (χ4n) is 11.2. The normalized spacial score (nSPS) is 11.9. The van der Waals surface area contributed by atoms with Crippen LogP contribution < -0.4 is 9.80 Å². The van der Waals surface area contributed by atoms with Crippen LogP contribution >= 0.6 is 0 Å². The predicted octanol–water partition coefficient (Wildman–Crippen LogP) is 18.7. The highest BCUT2D eigenvalue weighted by Crippen LogP contribution is 2.54. The number of hydrogen-bond acceptors (Lipinski definition) is 5. The van der Waals surface area contributed by atoms with Crippen LogP contribution in [-0.4, -0.2) is 4.98 Å². The predicted molar refractivity (Wildman–Crippen MR) is 292 cm³/mol. The molecule has 0 atom stereocenters. The monoisotopic (exact) mass is 897 g/mol. The first-order valence-corrected chi connectivity index (χ1v) is 23.9. The molecule has 0 spiro atoms. The van der Waals surface area contributed by atoms with Crippen LogP contribution in [0.25, 0.3) is 98.4 Å². The topological polar surface area (TPSA) is 45.7 Å². The Kier molecular flexibility index (Phi) is 8.95. The van der Waals surface area contributed by atoms with E-state index in [9.17, 15) is 0 Å². The molecule has 0 aliphatic rings. The summed E-state index contributed by atoms with van der Waals surface area (Å²) in [5.41, 5.74) is 15.4. The van der Waals surface area contributed by atoms with Crippen LogP contribution in [0.15, 0.2) is 233 Å². The number of benzene rings is 11. The summed E-state index contributed by atoms with van der Waals surface area (Å²) in [6, 6.07) is 78.1. The number of aryl methyl sites for hydroxylation is 2. The fraction of sp³-hybridized carbons (Fsp3) is 0.0308. The van der Waals surface area contributed by atoms with Gasteiger partial charge in [0.1, 0.15) is 17.0 Å². The van der Waals surface area contributed by atoms with Gasteiger partial charge in [0.2, 0.25) is 0 Å². The lowest BCUT2D eigenvalue weighted by Crippen LogP contribution is -2.13. The van der Waals surface area contributed by atoms with Gasteiger partial charge in [-0.3, -0.25) is 4.90 Å². The molecule has 5 nitrogen and oxygen atoms in total. The number of anilines is 6. The van der Waals surface area contributed by atoms with E-state index in [4.69, 9.17) is 13.8 Å². The summed E-state index contributed by atoms with van der Waals surface area (Å²) in [7, 11) is 0. The summed E-state index contributed by atoms with van der Waals surface area (Å²) in [5, 5.41) is 11.2. The van der Waals surface area contributed by atoms with E-state index in [1.807, 2.05) is 30.5 Å². The Bertz CT molecular complexity index is 4060. The molecule has 5 heteroatoms. The van der Waals surface area contributed by atoms with Crippen molar-refractivity contribution in [1.82, 2.24) is 4.98 Å². The maximum absolute atomic E-state index is 6.86. The number of pyridine rings is 1. The van der Waals surface area contributed by atoms with Gasteiger partial charge >= 0.3 is 0 Å². The molecule has 14 rings (SSSR count). The van der Waals surface area contributed by atoms with Crippen molar-refractivity contribution >= 4 is 110 Å². The van der Waals surface area contributed by atoms with Crippen LogP contribution in [-0.2, 0) is 0 Å². The molecule has 3 aromatic heterocycles. The molecule has 0 fully saturated rings. The first-order chi connectivity index (χ1) is 34.6. The lowest BCUT2D eigenvalue weighted by molar-refractivity contribution is 0.668. The standard InChI is InChI=1S/C65H43N3O2/c1-40-18-6-8-22-43(40)53-38-57(67(42-20-4-3-5-21-42)55-28-16-26-49-45-24-10-12-30-59(45)69-64(49)55)51-35-33-48-54(44-23-9-7-19-41(44)2)39-58(52-36-34-47(53)62(51)63(48)52)68(61-32-14-15-37-66-61)56-29-17-27-50-46-25-11-13-31-60(46)70-65(50)56/h3-39H,1-2H3. The number of aromatic nitrogens is 1. The summed E-state index contributed by atoms with van der Waals surface area (Å²) in [4.78, 5) is 9.81. The second kappa shape index (κ2) is 15.7. The molecule has 11 aromatic carbocycles. The zero-order valence-electron chi connectivity index (χ0n) is 38.5. The quantitative estimate of drug-likeness (QED) is 0.142. The Morgan fingerprint density at radius 3 is 1.33 bits per heavy atom. The van der Waals surface area contributed by atoms with Crippen molar-refractivity contribution in [2.24, 2.45) is 0 Å². The molecule has 0 aliphatic carbocycles. The third-order valence-electron chi connectivity index (χ3n) is 14.3. The van der Waals surface area contributed by atoms with Crippen LogP contribution in [0, 0.1) is 13.8 Å². The first kappa shape index (κ1) is 39.9. The minimum absolute atomic E-state index is 0.789. The average molecular weight is 898 g/mol. The van der Waals surface area contributed by atoms with Crippen LogP contribution in [0.3, 0.4) is 0 Å². The van der Waals surface area contributed by atoms with Crippen molar-refractivity contribution in [3.63, 3.8) is 0 Å². The number of furan rings is 2. The maximum Gasteiger partial charge on any atom is 0.159 e. The van der Waals surface area contributed by atoms with E-state index < -0.39 is 0 Å². The SMILES string of the molecule is Cc1ccccc1-c1cc(N(c2ccccc2)c2cccc3c2oc2ccccc23)c2ccc3c(-c4ccccc4C)cc(N(c4ccccn4)c4cccc5c4oc4ccccc45)c4ccc1c2c34. The summed E-state index contributed by atoms with van der Waals surface area (Å²) >= 11 is 0. The number of hydrogen-bond donors (Lipinski definition) is 0. The Morgan fingerprint density at radius 1 is 0.329 bits per heavy atom. The van der Waals surface area contributed by atoms with Crippen LogP contribution in [0.4, 0.5) is 34.3 Å². The maximum atomic E-state index is 6.86. The van der Waals surface area contributed by atoms with Crippen LogP contribution in [0.1, 0.15) is 11.1 Å². The van der Waals surface area contributed by atoms with Crippen molar-refractivity contribution in [2.75, 3.05) is 9.80 Å². The van der Waals surface area contributed by atoms with Crippen molar-refractivity contribution in [2.45, 2.75) is 13.8 Å². The molecule has 330 valence electrons. The van der Waals surface area contributed by atoms with E-state index in [1.165, 1.54) is 43.8 Å². The van der Waals surface area contributed by atoms with Gasteiger partial charge in [-0.2, -0.15) is 0 Å². The molecule has 0 aliphatic heterocycles. The van der Waals surface area contributed by atoms with Crippen molar-refractivity contribution < 1.29 is 8.83 Å². The third kappa shape index (κ3) is 6.01. The van der Waals surface area contributed by atoms with Crippen molar-refractivity contribution in [3.05, 3.63) is 236 Å². The molecule has 0 saturated heterocycles. The minimum Gasteiger partial charge on any atom is -0.454 e. The number of rotatable bonds is 8. The Morgan fingerprint density at radius 2 is 0.786 bits per heavy atom. The van der Waals surface area contributed by atoms with E-state index in [0.717, 1.165) is 100 Å². The van der Waals surface area contributed by atoms with Crippen LogP contribution in [0.5, 0.6) is 0 Å². The summed E-state index contributed by atoms with van der Waals surface area (Å²) in [6.07, 6.45) is 1.88. The molecule has 0 amide bonds. The van der Waals surface area contributed by atoms with Gasteiger partial charge in [-0.05, 0) is 119 Å². The van der Waals surface area contributed by atoms with Gasteiger partial charge in [-0.15, -0.1) is 0 Å². The van der Waals surface area contributed by atoms with E-state index in [0.29, 0.717) is 0 Å². The van der Waals surface area contributed by atoms with Crippen molar-refractivity contribution in [3.8, 4) is 22.3 Å². The van der Waals surface area contributed by atoms with Gasteiger partial charge in [0.15, 0.2) is 11.2 Å². The van der Waals surface area contributed by atoms with Crippen LogP contribution in [0.2, 0.25) is 0 Å². The Balaban J connectivity index is 1.16. The smallest absolute Gasteiger partial charge is 0.159 e. The molecule has 0 bridgehead atoms. The lowest BCUT2D eigenvalue weighted by Gasteiger charge is -2.30. The third-order valence-corrected chi connectivity index (χ3v) is 14.3. The molecule has 0 N–H and O–H groups in total. The van der Waals surface area contributed by atoms with E-state index >= 15 is 0 Å². The van der Waals surface area contributed by atoms with Gasteiger partial charge < -0.3 is 13.7 Å². The van der Waals surface area contributed by atoms with Crippen molar-refractivity contribution in [1.29, 1.82) is 0 Å². The van der Waals surface area contributed by atoms with Gasteiger partial charge in [-0.1, -0.05) is 158 Å². The molecule has 0 saturated carbocycles. The molecular formula is C65H43N3O2.